The molecule has 1 fully saturated rings. The first-order valence-electron chi connectivity index (χ1n) is 5.70. The molecule has 1 heterocycles. The van der Waals surface area contributed by atoms with Crippen molar-refractivity contribution >= 4 is 22.4 Å². The average Bonchev–Trinajstić information content (AvgIpc) is 2.38. The van der Waals surface area contributed by atoms with E-state index >= 15 is 0 Å². The summed E-state index contributed by atoms with van der Waals surface area (Å²) in [7, 11) is 0.699. The lowest BCUT2D eigenvalue weighted by Crippen LogP contribution is -2.41. The molecule has 1 amide bonds. The summed E-state index contributed by atoms with van der Waals surface area (Å²) in [6.45, 7) is 1.03. The van der Waals surface area contributed by atoms with Gasteiger partial charge < -0.3 is 15.4 Å². The van der Waals surface area contributed by atoms with Gasteiger partial charge in [-0.1, -0.05) is 6.07 Å². The summed E-state index contributed by atoms with van der Waals surface area (Å²) in [4.78, 5) is 14.0. The van der Waals surface area contributed by atoms with Gasteiger partial charge in [-0.25, -0.2) is 0 Å². The Morgan fingerprint density at radius 3 is 2.67 bits per heavy atom. The van der Waals surface area contributed by atoms with Crippen molar-refractivity contribution in [1.29, 1.82) is 0 Å². The summed E-state index contributed by atoms with van der Waals surface area (Å²) in [5.41, 5.74) is 6.69. The molecular formula is C12H16N2O3S. The number of carbonyl (C=O) groups is 1. The zero-order valence-corrected chi connectivity index (χ0v) is 11.0. The van der Waals surface area contributed by atoms with Crippen molar-refractivity contribution < 1.29 is 13.7 Å². The Morgan fingerprint density at radius 2 is 2.06 bits per heavy atom. The van der Waals surface area contributed by atoms with Crippen LogP contribution in [0.15, 0.2) is 18.2 Å². The SMILES string of the molecule is COc1c(N)cccc1C(=O)N1CCS(=O)CC1. The number of benzene rings is 1. The van der Waals surface area contributed by atoms with Crippen LogP contribution >= 0.6 is 0 Å². The highest BCUT2D eigenvalue weighted by molar-refractivity contribution is 7.85. The molecule has 0 unspecified atom stereocenters. The van der Waals surface area contributed by atoms with Gasteiger partial charge in [-0.15, -0.1) is 0 Å². The minimum absolute atomic E-state index is 0.115. The highest BCUT2D eigenvalue weighted by Crippen LogP contribution is 2.27. The second-order valence-electron chi connectivity index (χ2n) is 4.07. The second-order valence-corrected chi connectivity index (χ2v) is 5.76. The predicted molar refractivity (Wildman–Crippen MR) is 71.2 cm³/mol. The number of para-hydroxylation sites is 1. The van der Waals surface area contributed by atoms with E-state index in [0.29, 0.717) is 41.6 Å². The first-order valence-corrected chi connectivity index (χ1v) is 7.19. The Labute approximate surface area is 108 Å². The van der Waals surface area contributed by atoms with E-state index in [0.717, 1.165) is 0 Å². The Kier molecular flexibility index (Phi) is 3.86. The van der Waals surface area contributed by atoms with Crippen LogP contribution in [0.25, 0.3) is 0 Å². The number of ether oxygens (including phenoxy) is 1. The zero-order chi connectivity index (χ0) is 13.1. The second kappa shape index (κ2) is 5.39. The summed E-state index contributed by atoms with van der Waals surface area (Å²) < 4.78 is 16.5. The molecule has 6 heteroatoms. The smallest absolute Gasteiger partial charge is 0.257 e. The quantitative estimate of drug-likeness (QED) is 0.792. The van der Waals surface area contributed by atoms with Gasteiger partial charge in [0.25, 0.3) is 5.91 Å². The van der Waals surface area contributed by atoms with Crippen LogP contribution in [0.1, 0.15) is 10.4 Å². The Morgan fingerprint density at radius 1 is 1.39 bits per heavy atom. The Balaban J connectivity index is 2.23. The fourth-order valence-corrected chi connectivity index (χ4v) is 3.01. The van der Waals surface area contributed by atoms with Crippen LogP contribution in [0, 0.1) is 0 Å². The molecule has 1 aliphatic heterocycles. The maximum Gasteiger partial charge on any atom is 0.257 e. The summed E-state index contributed by atoms with van der Waals surface area (Å²) in [5.74, 6) is 1.37. The number of nitrogen functional groups attached to an aromatic ring is 1. The van der Waals surface area contributed by atoms with Crippen molar-refractivity contribution in [3.05, 3.63) is 23.8 Å². The molecule has 1 aromatic carbocycles. The van der Waals surface area contributed by atoms with E-state index in [4.69, 9.17) is 10.5 Å². The molecule has 0 aromatic heterocycles. The summed E-state index contributed by atoms with van der Waals surface area (Å²) in [6.07, 6.45) is 0. The van der Waals surface area contributed by atoms with Crippen molar-refractivity contribution in [2.45, 2.75) is 0 Å². The largest absolute Gasteiger partial charge is 0.494 e. The third-order valence-corrected chi connectivity index (χ3v) is 4.22. The molecule has 0 aliphatic carbocycles. The molecule has 0 bridgehead atoms. The van der Waals surface area contributed by atoms with E-state index in [1.54, 1.807) is 23.1 Å². The van der Waals surface area contributed by atoms with Gasteiger partial charge in [0.2, 0.25) is 0 Å². The third kappa shape index (κ3) is 2.48. The zero-order valence-electron chi connectivity index (χ0n) is 10.2. The molecule has 0 saturated carbocycles. The van der Waals surface area contributed by atoms with Crippen LogP contribution in [0.4, 0.5) is 5.69 Å². The topological polar surface area (TPSA) is 72.6 Å². The lowest BCUT2D eigenvalue weighted by atomic mass is 10.1. The number of amides is 1. The van der Waals surface area contributed by atoms with Gasteiger partial charge >= 0.3 is 0 Å². The van der Waals surface area contributed by atoms with Crippen molar-refractivity contribution in [2.24, 2.45) is 0 Å². The van der Waals surface area contributed by atoms with Crippen molar-refractivity contribution in [3.8, 4) is 5.75 Å². The lowest BCUT2D eigenvalue weighted by Gasteiger charge is -2.27. The fraction of sp³-hybridized carbons (Fsp3) is 0.417. The van der Waals surface area contributed by atoms with Crippen LogP contribution in [-0.2, 0) is 10.8 Å². The van der Waals surface area contributed by atoms with Crippen LogP contribution in [0.2, 0.25) is 0 Å². The fourth-order valence-electron chi connectivity index (χ4n) is 1.96. The molecule has 1 aromatic rings. The standard InChI is InChI=1S/C12H16N2O3S/c1-17-11-9(3-2-4-10(11)13)12(15)14-5-7-18(16)8-6-14/h2-4H,5-8,13H2,1H3. The molecule has 1 saturated heterocycles. The number of methoxy groups -OCH3 is 1. The van der Waals surface area contributed by atoms with E-state index < -0.39 is 10.8 Å². The number of carbonyl (C=O) groups excluding carboxylic acids is 1. The van der Waals surface area contributed by atoms with Crippen molar-refractivity contribution in [2.75, 3.05) is 37.4 Å². The van der Waals surface area contributed by atoms with Crippen molar-refractivity contribution in [3.63, 3.8) is 0 Å². The number of anilines is 1. The van der Waals surface area contributed by atoms with Gasteiger partial charge in [0.15, 0.2) is 5.75 Å². The molecule has 2 N–H and O–H groups in total. The van der Waals surface area contributed by atoms with Gasteiger partial charge in [-0.3, -0.25) is 9.00 Å². The molecule has 1 aliphatic rings. The van der Waals surface area contributed by atoms with Gasteiger partial charge in [0, 0.05) is 35.4 Å². The number of hydrogen-bond acceptors (Lipinski definition) is 4. The maximum atomic E-state index is 12.3. The normalized spacial score (nSPS) is 16.6. The minimum Gasteiger partial charge on any atom is -0.494 e. The molecule has 0 spiro atoms. The molecule has 0 atom stereocenters. The predicted octanol–water partition coefficient (Wildman–Crippen LogP) is 0.482. The van der Waals surface area contributed by atoms with E-state index in [1.807, 2.05) is 0 Å². The number of hydrogen-bond donors (Lipinski definition) is 1. The van der Waals surface area contributed by atoms with Gasteiger partial charge in [0.05, 0.1) is 18.4 Å². The van der Waals surface area contributed by atoms with E-state index in [2.05, 4.69) is 0 Å². The van der Waals surface area contributed by atoms with Crippen LogP contribution in [-0.4, -0.2) is 46.7 Å². The third-order valence-electron chi connectivity index (χ3n) is 2.94. The Hall–Kier alpha value is -1.56. The van der Waals surface area contributed by atoms with Crippen LogP contribution in [0.3, 0.4) is 0 Å². The van der Waals surface area contributed by atoms with Gasteiger partial charge in [-0.2, -0.15) is 0 Å². The van der Waals surface area contributed by atoms with E-state index in [1.165, 1.54) is 7.11 Å². The molecule has 0 radical (unpaired) electrons. The minimum atomic E-state index is -0.795. The van der Waals surface area contributed by atoms with Crippen LogP contribution < -0.4 is 10.5 Å². The van der Waals surface area contributed by atoms with Crippen LogP contribution in [0.5, 0.6) is 5.75 Å². The molecule has 98 valence electrons. The highest BCUT2D eigenvalue weighted by Gasteiger charge is 2.24. The van der Waals surface area contributed by atoms with Crippen molar-refractivity contribution in [1.82, 2.24) is 4.90 Å². The summed E-state index contributed by atoms with van der Waals surface area (Å²) in [6, 6.07) is 5.12. The Bertz CT molecular complexity index is 480. The number of rotatable bonds is 2. The van der Waals surface area contributed by atoms with E-state index in [-0.39, 0.29) is 5.91 Å². The molecule has 2 rings (SSSR count). The lowest BCUT2D eigenvalue weighted by molar-refractivity contribution is 0.0768. The van der Waals surface area contributed by atoms with Gasteiger partial charge in [0.1, 0.15) is 0 Å². The monoisotopic (exact) mass is 268 g/mol. The average molecular weight is 268 g/mol. The maximum absolute atomic E-state index is 12.3. The number of nitrogens with zero attached hydrogens (tertiary/aromatic N) is 1. The molecular weight excluding hydrogens is 252 g/mol. The summed E-state index contributed by atoms with van der Waals surface area (Å²) >= 11 is 0. The van der Waals surface area contributed by atoms with E-state index in [9.17, 15) is 9.00 Å². The molecule has 18 heavy (non-hydrogen) atoms. The number of nitrogens with two attached hydrogens (primary N) is 1. The molecule has 5 nitrogen and oxygen atoms in total. The summed E-state index contributed by atoms with van der Waals surface area (Å²) in [5, 5.41) is 0. The van der Waals surface area contributed by atoms with Gasteiger partial charge in [-0.05, 0) is 12.1 Å². The first kappa shape index (κ1) is 12.9. The first-order chi connectivity index (χ1) is 8.63. The highest BCUT2D eigenvalue weighted by atomic mass is 32.2.